The molecule has 0 amide bonds. The third kappa shape index (κ3) is 7.01. The Morgan fingerprint density at radius 3 is 2.23 bits per heavy atom. The summed E-state index contributed by atoms with van der Waals surface area (Å²) in [5.41, 5.74) is 11.6. The van der Waals surface area contributed by atoms with E-state index in [2.05, 4.69) is 35.6 Å². The molecule has 0 fully saturated rings. The van der Waals surface area contributed by atoms with Crippen molar-refractivity contribution in [2.24, 2.45) is 11.7 Å². The van der Waals surface area contributed by atoms with Crippen molar-refractivity contribution >= 4 is 11.9 Å². The molecule has 6 heteroatoms. The molecule has 6 nitrogen and oxygen atoms in total. The van der Waals surface area contributed by atoms with E-state index in [0.29, 0.717) is 12.1 Å². The highest BCUT2D eigenvalue weighted by Crippen LogP contribution is 2.30. The van der Waals surface area contributed by atoms with Crippen LogP contribution in [0.1, 0.15) is 45.0 Å². The number of benzene rings is 3. The Labute approximate surface area is 207 Å². The molecule has 3 aromatic rings. The maximum Gasteiger partial charge on any atom is 0.321 e. The monoisotopic (exact) mass is 474 g/mol. The zero-order valence-electron chi connectivity index (χ0n) is 21.0. The van der Waals surface area contributed by atoms with Crippen molar-refractivity contribution in [2.75, 3.05) is 7.05 Å². The molecule has 3 rings (SSSR count). The second kappa shape index (κ2) is 11.3. The summed E-state index contributed by atoms with van der Waals surface area (Å²) in [7, 11) is 1.91. The number of esters is 2. The smallest absolute Gasteiger partial charge is 0.321 e. The van der Waals surface area contributed by atoms with Crippen LogP contribution in [0.3, 0.4) is 0 Å². The van der Waals surface area contributed by atoms with Crippen LogP contribution < -0.4 is 11.1 Å². The van der Waals surface area contributed by atoms with Gasteiger partial charge in [-0.1, -0.05) is 60.7 Å². The highest BCUT2D eigenvalue weighted by molar-refractivity contribution is 5.94. The van der Waals surface area contributed by atoms with Gasteiger partial charge in [0.1, 0.15) is 5.60 Å². The van der Waals surface area contributed by atoms with Crippen LogP contribution in [0.4, 0.5) is 0 Å². The van der Waals surface area contributed by atoms with Gasteiger partial charge in [-0.3, -0.25) is 15.3 Å². The number of hydrogen-bond acceptors (Lipinski definition) is 6. The van der Waals surface area contributed by atoms with Gasteiger partial charge in [0.15, 0.2) is 12.1 Å². The van der Waals surface area contributed by atoms with Gasteiger partial charge >= 0.3 is 11.9 Å². The summed E-state index contributed by atoms with van der Waals surface area (Å²) in [5, 5.41) is 3.24. The first-order chi connectivity index (χ1) is 16.6. The summed E-state index contributed by atoms with van der Waals surface area (Å²) < 4.78 is 10.7. The van der Waals surface area contributed by atoms with E-state index >= 15 is 0 Å². The predicted octanol–water partition coefficient (Wildman–Crippen LogP) is 5.22. The van der Waals surface area contributed by atoms with Gasteiger partial charge in [-0.2, -0.15) is 0 Å². The maximum atomic E-state index is 12.5. The Bertz CT molecular complexity index is 1170. The average molecular weight is 475 g/mol. The molecule has 0 spiro atoms. The van der Waals surface area contributed by atoms with Gasteiger partial charge in [0, 0.05) is 12.1 Å². The van der Waals surface area contributed by atoms with E-state index in [1.807, 2.05) is 43.4 Å². The molecule has 0 bridgehead atoms. The molecule has 2 unspecified atom stereocenters. The molecule has 3 aromatic carbocycles. The van der Waals surface area contributed by atoms with E-state index in [1.165, 1.54) is 6.92 Å². The third-order valence-corrected chi connectivity index (χ3v) is 5.46. The van der Waals surface area contributed by atoms with Crippen molar-refractivity contribution < 1.29 is 19.1 Å². The lowest BCUT2D eigenvalue weighted by Crippen LogP contribution is -2.33. The summed E-state index contributed by atoms with van der Waals surface area (Å²) in [5.74, 6) is -2.44. The summed E-state index contributed by atoms with van der Waals surface area (Å²) in [6, 6.07) is 24.2. The number of rotatable bonds is 8. The van der Waals surface area contributed by atoms with Gasteiger partial charge < -0.3 is 14.8 Å². The normalized spacial score (nSPS) is 13.1. The van der Waals surface area contributed by atoms with E-state index in [9.17, 15) is 9.59 Å². The first kappa shape index (κ1) is 26.1. The second-order valence-electron chi connectivity index (χ2n) is 9.51. The first-order valence-corrected chi connectivity index (χ1v) is 11.7. The summed E-state index contributed by atoms with van der Waals surface area (Å²) in [6.07, 6.45) is -1.01. The Hall–Kier alpha value is -3.48. The SMILES string of the molecule is CNCc1cc(-c2ccccc2)ccc1-c1cccc(C(N)OC(=O)C(C)C(=O)OC(C)(C)C)c1. The molecule has 0 radical (unpaired) electrons. The van der Waals surface area contributed by atoms with Crippen molar-refractivity contribution in [3.05, 3.63) is 83.9 Å². The van der Waals surface area contributed by atoms with E-state index in [4.69, 9.17) is 15.2 Å². The predicted molar refractivity (Wildman–Crippen MR) is 138 cm³/mol. The number of ether oxygens (including phenoxy) is 2. The van der Waals surface area contributed by atoms with Crippen molar-refractivity contribution in [3.63, 3.8) is 0 Å². The van der Waals surface area contributed by atoms with E-state index in [-0.39, 0.29) is 0 Å². The second-order valence-corrected chi connectivity index (χ2v) is 9.51. The molecule has 0 saturated carbocycles. The molecule has 0 saturated heterocycles. The molecule has 0 aromatic heterocycles. The topological polar surface area (TPSA) is 90.6 Å². The van der Waals surface area contributed by atoms with Crippen LogP contribution in [-0.2, 0) is 25.6 Å². The quantitative estimate of drug-likeness (QED) is 0.264. The lowest BCUT2D eigenvalue weighted by Gasteiger charge is -2.22. The Balaban J connectivity index is 1.81. The fourth-order valence-corrected chi connectivity index (χ4v) is 3.69. The van der Waals surface area contributed by atoms with E-state index in [0.717, 1.165) is 27.8 Å². The molecule has 0 heterocycles. The number of hydrogen-bond donors (Lipinski definition) is 2. The van der Waals surface area contributed by atoms with Gasteiger partial charge in [0.05, 0.1) is 0 Å². The molecule has 184 valence electrons. The van der Waals surface area contributed by atoms with Crippen molar-refractivity contribution in [2.45, 2.75) is 46.1 Å². The summed E-state index contributed by atoms with van der Waals surface area (Å²) in [4.78, 5) is 24.7. The lowest BCUT2D eigenvalue weighted by atomic mass is 9.94. The Morgan fingerprint density at radius 2 is 1.57 bits per heavy atom. The number of carbonyl (C=O) groups is 2. The van der Waals surface area contributed by atoms with Crippen LogP contribution in [0.25, 0.3) is 22.3 Å². The zero-order valence-corrected chi connectivity index (χ0v) is 21.0. The minimum absolute atomic E-state index is 0.634. The minimum atomic E-state index is -1.07. The van der Waals surface area contributed by atoms with Gasteiger partial charge in [-0.25, -0.2) is 0 Å². The highest BCUT2D eigenvalue weighted by Gasteiger charge is 2.30. The van der Waals surface area contributed by atoms with Crippen LogP contribution in [0.5, 0.6) is 0 Å². The standard InChI is InChI=1S/C29H34N2O4/c1-19(28(33)35-29(2,3)4)27(32)34-26(30)23-13-9-12-22(17-23)25-15-14-21(16-24(25)18-31-5)20-10-7-6-8-11-20/h6-17,19,26,31H,18,30H2,1-5H3. The van der Waals surface area contributed by atoms with Crippen molar-refractivity contribution in [3.8, 4) is 22.3 Å². The third-order valence-electron chi connectivity index (χ3n) is 5.46. The van der Waals surface area contributed by atoms with Gasteiger partial charge in [-0.15, -0.1) is 0 Å². The lowest BCUT2D eigenvalue weighted by molar-refractivity contribution is -0.170. The minimum Gasteiger partial charge on any atom is -0.459 e. The largest absolute Gasteiger partial charge is 0.459 e. The fourth-order valence-electron chi connectivity index (χ4n) is 3.69. The molecule has 3 N–H and O–H groups in total. The highest BCUT2D eigenvalue weighted by atomic mass is 16.6. The molecular formula is C29H34N2O4. The molecule has 0 aliphatic carbocycles. The molecule has 0 aliphatic rings. The van der Waals surface area contributed by atoms with Gasteiger partial charge in [0.25, 0.3) is 0 Å². The van der Waals surface area contributed by atoms with Crippen LogP contribution in [0.15, 0.2) is 72.8 Å². The van der Waals surface area contributed by atoms with Crippen LogP contribution in [0.2, 0.25) is 0 Å². The van der Waals surface area contributed by atoms with Crippen molar-refractivity contribution in [1.29, 1.82) is 0 Å². The first-order valence-electron chi connectivity index (χ1n) is 11.7. The Kier molecular flexibility index (Phi) is 8.43. The molecular weight excluding hydrogens is 440 g/mol. The van der Waals surface area contributed by atoms with Gasteiger partial charge in [0.2, 0.25) is 0 Å². The number of carbonyl (C=O) groups excluding carboxylic acids is 2. The molecule has 0 aliphatic heterocycles. The summed E-state index contributed by atoms with van der Waals surface area (Å²) in [6.45, 7) is 7.38. The van der Waals surface area contributed by atoms with E-state index in [1.54, 1.807) is 26.8 Å². The van der Waals surface area contributed by atoms with Crippen LogP contribution in [-0.4, -0.2) is 24.6 Å². The van der Waals surface area contributed by atoms with Crippen LogP contribution >= 0.6 is 0 Å². The summed E-state index contributed by atoms with van der Waals surface area (Å²) >= 11 is 0. The molecule has 2 atom stereocenters. The Morgan fingerprint density at radius 1 is 0.886 bits per heavy atom. The number of nitrogens with one attached hydrogen (secondary N) is 1. The molecule has 35 heavy (non-hydrogen) atoms. The van der Waals surface area contributed by atoms with E-state index < -0.39 is 29.7 Å². The number of nitrogens with two attached hydrogens (primary N) is 1. The maximum absolute atomic E-state index is 12.5. The average Bonchev–Trinajstić information content (AvgIpc) is 2.83. The van der Waals surface area contributed by atoms with Gasteiger partial charge in [-0.05, 0) is 74.7 Å². The van der Waals surface area contributed by atoms with Crippen molar-refractivity contribution in [1.82, 2.24) is 5.32 Å². The fraction of sp³-hybridized carbons (Fsp3) is 0.310. The zero-order chi connectivity index (χ0) is 25.6. The van der Waals surface area contributed by atoms with Crippen LogP contribution in [0, 0.1) is 5.92 Å².